The van der Waals surface area contributed by atoms with Crippen molar-refractivity contribution in [1.29, 1.82) is 0 Å². The fraction of sp³-hybridized carbons (Fsp3) is 0.462. The number of hydrogen-bond acceptors (Lipinski definition) is 3. The monoisotopic (exact) mass is 252 g/mol. The van der Waals surface area contributed by atoms with E-state index in [1.807, 2.05) is 0 Å². The fourth-order valence-corrected chi connectivity index (χ4v) is 2.45. The van der Waals surface area contributed by atoms with Gasteiger partial charge in [0.2, 0.25) is 0 Å². The topological polar surface area (TPSA) is 38.1 Å². The molecule has 3 nitrogen and oxygen atoms in total. The first kappa shape index (κ1) is 11.6. The summed E-state index contributed by atoms with van der Waals surface area (Å²) in [7, 11) is 0. The minimum absolute atomic E-state index is 0.0126. The van der Waals surface area contributed by atoms with Gasteiger partial charge in [-0.25, -0.2) is 13.8 Å². The Bertz CT molecular complexity index is 547. The van der Waals surface area contributed by atoms with E-state index in [0.717, 1.165) is 13.0 Å². The molecule has 1 saturated heterocycles. The van der Waals surface area contributed by atoms with E-state index in [1.165, 1.54) is 18.5 Å². The van der Waals surface area contributed by atoms with Gasteiger partial charge in [0, 0.05) is 12.0 Å². The maximum absolute atomic E-state index is 14.2. The SMILES string of the molecule is FC(F)(CC1CCNC1)c1ccc2ncoc2c1. The van der Waals surface area contributed by atoms with Crippen molar-refractivity contribution in [1.82, 2.24) is 10.3 Å². The van der Waals surface area contributed by atoms with Crippen LogP contribution in [0.4, 0.5) is 8.78 Å². The smallest absolute Gasteiger partial charge is 0.273 e. The van der Waals surface area contributed by atoms with Gasteiger partial charge < -0.3 is 9.73 Å². The van der Waals surface area contributed by atoms with Crippen molar-refractivity contribution in [2.24, 2.45) is 5.92 Å². The Labute approximate surface area is 103 Å². The Morgan fingerprint density at radius 1 is 1.44 bits per heavy atom. The summed E-state index contributed by atoms with van der Waals surface area (Å²) in [4.78, 5) is 3.92. The molecule has 2 aromatic rings. The van der Waals surface area contributed by atoms with E-state index < -0.39 is 5.92 Å². The number of halogens is 2. The average molecular weight is 252 g/mol. The number of fused-ring (bicyclic) bond motifs is 1. The van der Waals surface area contributed by atoms with Crippen LogP contribution >= 0.6 is 0 Å². The lowest BCUT2D eigenvalue weighted by Gasteiger charge is -2.20. The second-order valence-electron chi connectivity index (χ2n) is 4.80. The van der Waals surface area contributed by atoms with Gasteiger partial charge in [0.05, 0.1) is 0 Å². The summed E-state index contributed by atoms with van der Waals surface area (Å²) in [6.45, 7) is 1.52. The van der Waals surface area contributed by atoms with Crippen LogP contribution in [0.15, 0.2) is 29.0 Å². The van der Waals surface area contributed by atoms with E-state index in [4.69, 9.17) is 4.42 Å². The maximum atomic E-state index is 14.2. The molecule has 0 amide bonds. The predicted molar refractivity (Wildman–Crippen MR) is 63.5 cm³/mol. The standard InChI is InChI=1S/C13H14F2N2O/c14-13(15,6-9-3-4-16-7-9)10-1-2-11-12(5-10)18-8-17-11/h1-2,5,8-9,16H,3-4,6-7H2. The van der Waals surface area contributed by atoms with Crippen LogP contribution in [0.2, 0.25) is 0 Å². The normalized spacial score (nSPS) is 20.7. The molecule has 0 aliphatic carbocycles. The summed E-state index contributed by atoms with van der Waals surface area (Å²) in [5, 5.41) is 3.11. The molecule has 1 aromatic heterocycles. The molecule has 1 fully saturated rings. The van der Waals surface area contributed by atoms with E-state index in [9.17, 15) is 8.78 Å². The van der Waals surface area contributed by atoms with E-state index in [0.29, 0.717) is 17.6 Å². The van der Waals surface area contributed by atoms with Gasteiger partial charge in [-0.05, 0) is 37.6 Å². The number of nitrogens with one attached hydrogen (secondary N) is 1. The third-order valence-electron chi connectivity index (χ3n) is 3.46. The number of oxazole rings is 1. The molecule has 18 heavy (non-hydrogen) atoms. The highest BCUT2D eigenvalue weighted by molar-refractivity contribution is 5.73. The van der Waals surface area contributed by atoms with Gasteiger partial charge in [-0.1, -0.05) is 6.07 Å². The van der Waals surface area contributed by atoms with Gasteiger partial charge in [-0.3, -0.25) is 0 Å². The predicted octanol–water partition coefficient (Wildman–Crippen LogP) is 2.92. The first-order chi connectivity index (χ1) is 8.65. The number of hydrogen-bond donors (Lipinski definition) is 1. The number of nitrogens with zero attached hydrogens (tertiary/aromatic N) is 1. The minimum atomic E-state index is -2.81. The quantitative estimate of drug-likeness (QED) is 0.912. The number of alkyl halides is 2. The van der Waals surface area contributed by atoms with Crippen LogP contribution in [0.5, 0.6) is 0 Å². The van der Waals surface area contributed by atoms with Crippen molar-refractivity contribution in [3.05, 3.63) is 30.2 Å². The number of benzene rings is 1. The molecule has 1 N–H and O–H groups in total. The second kappa shape index (κ2) is 4.31. The number of rotatable bonds is 3. The summed E-state index contributed by atoms with van der Waals surface area (Å²) >= 11 is 0. The zero-order chi connectivity index (χ0) is 12.6. The van der Waals surface area contributed by atoms with E-state index in [-0.39, 0.29) is 17.9 Å². The Hall–Kier alpha value is -1.49. The van der Waals surface area contributed by atoms with Crippen molar-refractivity contribution in [2.75, 3.05) is 13.1 Å². The molecule has 2 heterocycles. The molecule has 0 radical (unpaired) electrons. The van der Waals surface area contributed by atoms with Gasteiger partial charge in [0.25, 0.3) is 5.92 Å². The summed E-state index contributed by atoms with van der Waals surface area (Å²) in [5.41, 5.74) is 1.03. The summed E-state index contributed by atoms with van der Waals surface area (Å²) < 4.78 is 33.4. The average Bonchev–Trinajstić information content (AvgIpc) is 2.97. The molecule has 5 heteroatoms. The highest BCUT2D eigenvalue weighted by atomic mass is 19.3. The van der Waals surface area contributed by atoms with Crippen LogP contribution in [-0.2, 0) is 5.92 Å². The van der Waals surface area contributed by atoms with Crippen LogP contribution in [0.25, 0.3) is 11.1 Å². The Morgan fingerprint density at radius 3 is 3.11 bits per heavy atom. The zero-order valence-electron chi connectivity index (χ0n) is 9.83. The highest BCUT2D eigenvalue weighted by Crippen LogP contribution is 2.37. The first-order valence-corrected chi connectivity index (χ1v) is 6.07. The largest absolute Gasteiger partial charge is 0.443 e. The summed E-state index contributed by atoms with van der Waals surface area (Å²) in [6.07, 6.45) is 1.98. The van der Waals surface area contributed by atoms with Gasteiger partial charge in [0.15, 0.2) is 12.0 Å². The van der Waals surface area contributed by atoms with Crippen LogP contribution < -0.4 is 5.32 Å². The van der Waals surface area contributed by atoms with Crippen LogP contribution in [0, 0.1) is 5.92 Å². The molecule has 1 aromatic carbocycles. The molecule has 3 rings (SSSR count). The molecule has 0 saturated carbocycles. The molecular formula is C13H14F2N2O. The van der Waals surface area contributed by atoms with Crippen LogP contribution in [-0.4, -0.2) is 18.1 Å². The van der Waals surface area contributed by atoms with Gasteiger partial charge in [0.1, 0.15) is 5.52 Å². The third kappa shape index (κ3) is 2.10. The Balaban J connectivity index is 1.86. The lowest BCUT2D eigenvalue weighted by molar-refractivity contribution is -0.0267. The van der Waals surface area contributed by atoms with E-state index >= 15 is 0 Å². The molecule has 1 unspecified atom stereocenters. The molecule has 0 bridgehead atoms. The third-order valence-corrected chi connectivity index (χ3v) is 3.46. The highest BCUT2D eigenvalue weighted by Gasteiger charge is 2.36. The molecule has 96 valence electrons. The van der Waals surface area contributed by atoms with Gasteiger partial charge in [-0.2, -0.15) is 0 Å². The van der Waals surface area contributed by atoms with Gasteiger partial charge in [-0.15, -0.1) is 0 Å². The van der Waals surface area contributed by atoms with Crippen LogP contribution in [0.3, 0.4) is 0 Å². The van der Waals surface area contributed by atoms with Crippen molar-refractivity contribution in [3.63, 3.8) is 0 Å². The molecule has 1 atom stereocenters. The molecule has 1 aliphatic rings. The fourth-order valence-electron chi connectivity index (χ4n) is 2.45. The van der Waals surface area contributed by atoms with Crippen molar-refractivity contribution < 1.29 is 13.2 Å². The summed E-state index contributed by atoms with van der Waals surface area (Å²) in [5.74, 6) is -2.76. The van der Waals surface area contributed by atoms with Crippen molar-refractivity contribution in [3.8, 4) is 0 Å². The van der Waals surface area contributed by atoms with E-state index in [2.05, 4.69) is 10.3 Å². The minimum Gasteiger partial charge on any atom is -0.443 e. The van der Waals surface area contributed by atoms with E-state index in [1.54, 1.807) is 6.07 Å². The lowest BCUT2D eigenvalue weighted by atomic mass is 9.95. The lowest BCUT2D eigenvalue weighted by Crippen LogP contribution is -2.20. The first-order valence-electron chi connectivity index (χ1n) is 6.07. The second-order valence-corrected chi connectivity index (χ2v) is 4.80. The molecule has 1 aliphatic heterocycles. The molecular weight excluding hydrogens is 238 g/mol. The Kier molecular flexibility index (Phi) is 2.78. The van der Waals surface area contributed by atoms with Gasteiger partial charge >= 0.3 is 0 Å². The molecule has 0 spiro atoms. The van der Waals surface area contributed by atoms with Crippen molar-refractivity contribution in [2.45, 2.75) is 18.8 Å². The summed E-state index contributed by atoms with van der Waals surface area (Å²) in [6, 6.07) is 4.41. The number of aromatic nitrogens is 1. The maximum Gasteiger partial charge on any atom is 0.273 e. The Morgan fingerprint density at radius 2 is 2.33 bits per heavy atom. The van der Waals surface area contributed by atoms with Crippen molar-refractivity contribution >= 4 is 11.1 Å². The zero-order valence-corrected chi connectivity index (χ0v) is 9.83. The van der Waals surface area contributed by atoms with Crippen LogP contribution in [0.1, 0.15) is 18.4 Å².